The van der Waals surface area contributed by atoms with Gasteiger partial charge < -0.3 is 5.32 Å². The van der Waals surface area contributed by atoms with Crippen molar-refractivity contribution in [1.29, 1.82) is 0 Å². The second-order valence-electron chi connectivity index (χ2n) is 3.83. The van der Waals surface area contributed by atoms with E-state index < -0.39 is 6.03 Å². The number of amides is 3. The van der Waals surface area contributed by atoms with Crippen LogP contribution >= 0.6 is 11.6 Å². The maximum Gasteiger partial charge on any atom is 0.321 e. The van der Waals surface area contributed by atoms with Crippen molar-refractivity contribution in [3.8, 4) is 0 Å². The molecule has 1 aliphatic rings. The smallest absolute Gasteiger partial charge is 0.321 e. The Bertz CT molecular complexity index is 229. The summed E-state index contributed by atoms with van der Waals surface area (Å²) in [6.45, 7) is 0.635. The third kappa shape index (κ3) is 6.33. The Morgan fingerprint density at radius 2 is 2.07 bits per heavy atom. The minimum Gasteiger partial charge on any atom is -0.338 e. The Labute approximate surface area is 94.7 Å². The lowest BCUT2D eigenvalue weighted by molar-refractivity contribution is -0.119. The van der Waals surface area contributed by atoms with E-state index in [9.17, 15) is 9.59 Å². The predicted molar refractivity (Wildman–Crippen MR) is 58.8 cm³/mol. The summed E-state index contributed by atoms with van der Waals surface area (Å²) in [5, 5.41) is 4.85. The summed E-state index contributed by atoms with van der Waals surface area (Å²) in [5.74, 6) is 0.790. The van der Waals surface area contributed by atoms with Gasteiger partial charge in [0.1, 0.15) is 0 Å². The number of urea groups is 1. The number of hydrogen-bond acceptors (Lipinski definition) is 2. The lowest BCUT2D eigenvalue weighted by Crippen LogP contribution is -2.39. The largest absolute Gasteiger partial charge is 0.338 e. The topological polar surface area (TPSA) is 58.2 Å². The highest BCUT2D eigenvalue weighted by molar-refractivity contribution is 6.19. The first-order chi connectivity index (χ1) is 7.22. The van der Waals surface area contributed by atoms with Gasteiger partial charge in [0.15, 0.2) is 0 Å². The molecule has 1 saturated carbocycles. The molecule has 0 saturated heterocycles. The molecule has 4 nitrogen and oxygen atoms in total. The predicted octanol–water partition coefficient (Wildman–Crippen LogP) is 1.63. The Balaban J connectivity index is 1.94. The van der Waals surface area contributed by atoms with Crippen molar-refractivity contribution >= 4 is 23.5 Å². The second kappa shape index (κ2) is 6.67. The van der Waals surface area contributed by atoms with Gasteiger partial charge in [0.05, 0.1) is 0 Å². The fraction of sp³-hybridized carbons (Fsp3) is 0.800. The van der Waals surface area contributed by atoms with Crippen molar-refractivity contribution in [2.75, 3.05) is 12.4 Å². The van der Waals surface area contributed by atoms with Gasteiger partial charge >= 0.3 is 6.03 Å². The van der Waals surface area contributed by atoms with Gasteiger partial charge in [0.2, 0.25) is 5.91 Å². The number of rotatable bonds is 6. The molecule has 0 atom stereocenters. The maximum atomic E-state index is 11.1. The molecule has 0 aromatic rings. The monoisotopic (exact) mass is 232 g/mol. The van der Waals surface area contributed by atoms with E-state index in [0.29, 0.717) is 6.54 Å². The van der Waals surface area contributed by atoms with E-state index in [-0.39, 0.29) is 18.2 Å². The first-order valence-corrected chi connectivity index (χ1v) is 5.89. The van der Waals surface area contributed by atoms with Crippen molar-refractivity contribution in [3.05, 3.63) is 0 Å². The SMILES string of the molecule is O=C(CCCl)NC(=O)NCCCC1CC1. The summed E-state index contributed by atoms with van der Waals surface area (Å²) in [7, 11) is 0. The van der Waals surface area contributed by atoms with Gasteiger partial charge in [0.25, 0.3) is 0 Å². The Morgan fingerprint density at radius 1 is 1.33 bits per heavy atom. The second-order valence-corrected chi connectivity index (χ2v) is 4.21. The summed E-state index contributed by atoms with van der Waals surface area (Å²) in [5.41, 5.74) is 0. The molecule has 0 aliphatic heterocycles. The number of hydrogen-bond donors (Lipinski definition) is 2. The standard InChI is InChI=1S/C10H17ClN2O2/c11-6-5-9(14)13-10(15)12-7-1-2-8-3-4-8/h8H,1-7H2,(H2,12,13,14,15). The Morgan fingerprint density at radius 3 is 2.67 bits per heavy atom. The van der Waals surface area contributed by atoms with Crippen LogP contribution in [0.4, 0.5) is 4.79 Å². The highest BCUT2D eigenvalue weighted by atomic mass is 35.5. The molecule has 1 rings (SSSR count). The van der Waals surface area contributed by atoms with Crippen LogP contribution in [0.15, 0.2) is 0 Å². The third-order valence-corrected chi connectivity index (χ3v) is 2.54. The molecule has 0 radical (unpaired) electrons. The van der Waals surface area contributed by atoms with E-state index in [1.807, 2.05) is 0 Å². The lowest BCUT2D eigenvalue weighted by Gasteiger charge is -2.05. The summed E-state index contributed by atoms with van der Waals surface area (Å²) in [6.07, 6.45) is 5.01. The highest BCUT2D eigenvalue weighted by Gasteiger charge is 2.20. The molecule has 3 amide bonds. The van der Waals surface area contributed by atoms with E-state index in [4.69, 9.17) is 11.6 Å². The van der Waals surface area contributed by atoms with Gasteiger partial charge in [-0.1, -0.05) is 12.8 Å². The third-order valence-electron chi connectivity index (χ3n) is 2.35. The number of halogens is 1. The van der Waals surface area contributed by atoms with Crippen molar-refractivity contribution < 1.29 is 9.59 Å². The summed E-state index contributed by atoms with van der Waals surface area (Å²) >= 11 is 5.36. The number of carbonyl (C=O) groups is 2. The minimum atomic E-state index is -0.416. The van der Waals surface area contributed by atoms with Crippen molar-refractivity contribution in [2.24, 2.45) is 5.92 Å². The van der Waals surface area contributed by atoms with E-state index in [1.54, 1.807) is 0 Å². The first kappa shape index (κ1) is 12.3. The number of nitrogens with one attached hydrogen (secondary N) is 2. The van der Waals surface area contributed by atoms with Crippen molar-refractivity contribution in [1.82, 2.24) is 10.6 Å². The molecule has 0 spiro atoms. The van der Waals surface area contributed by atoms with Gasteiger partial charge in [-0.15, -0.1) is 11.6 Å². The van der Waals surface area contributed by atoms with Crippen molar-refractivity contribution in [3.63, 3.8) is 0 Å². The molecule has 2 N–H and O–H groups in total. The van der Waals surface area contributed by atoms with Crippen LogP contribution in [0.25, 0.3) is 0 Å². The minimum absolute atomic E-state index is 0.178. The molecule has 0 aromatic heterocycles. The fourth-order valence-electron chi connectivity index (χ4n) is 1.32. The van der Waals surface area contributed by atoms with Crippen molar-refractivity contribution in [2.45, 2.75) is 32.1 Å². The van der Waals surface area contributed by atoms with Crippen LogP contribution in [0.3, 0.4) is 0 Å². The summed E-state index contributed by atoms with van der Waals surface area (Å²) in [6, 6.07) is -0.416. The van der Waals surface area contributed by atoms with E-state index in [0.717, 1.165) is 12.3 Å². The zero-order valence-corrected chi connectivity index (χ0v) is 9.48. The van der Waals surface area contributed by atoms with Crippen LogP contribution in [0, 0.1) is 5.92 Å². The van der Waals surface area contributed by atoms with Crippen LogP contribution in [-0.4, -0.2) is 24.4 Å². The van der Waals surface area contributed by atoms with Gasteiger partial charge in [0, 0.05) is 18.8 Å². The average Bonchev–Trinajstić information content (AvgIpc) is 2.96. The summed E-state index contributed by atoms with van der Waals surface area (Å²) in [4.78, 5) is 22.1. The molecule has 1 aliphatic carbocycles. The highest BCUT2D eigenvalue weighted by Crippen LogP contribution is 2.33. The lowest BCUT2D eigenvalue weighted by atomic mass is 10.2. The molecule has 0 bridgehead atoms. The van der Waals surface area contributed by atoms with Crippen LogP contribution in [0.2, 0.25) is 0 Å². The van der Waals surface area contributed by atoms with Crippen LogP contribution < -0.4 is 10.6 Å². The number of imide groups is 1. The normalized spacial score (nSPS) is 14.7. The maximum absolute atomic E-state index is 11.1. The molecule has 0 heterocycles. The number of carbonyl (C=O) groups excluding carboxylic acids is 2. The van der Waals surface area contributed by atoms with Gasteiger partial charge in [-0.3, -0.25) is 10.1 Å². The van der Waals surface area contributed by atoms with Crippen LogP contribution in [0.1, 0.15) is 32.1 Å². The molecule has 0 unspecified atom stereocenters. The fourth-order valence-corrected chi connectivity index (χ4v) is 1.49. The zero-order valence-electron chi connectivity index (χ0n) is 8.72. The quantitative estimate of drug-likeness (QED) is 0.540. The Hall–Kier alpha value is -0.770. The zero-order chi connectivity index (χ0) is 11.1. The van der Waals surface area contributed by atoms with Gasteiger partial charge in [-0.2, -0.15) is 0 Å². The Kier molecular flexibility index (Phi) is 5.47. The van der Waals surface area contributed by atoms with Crippen LogP contribution in [0.5, 0.6) is 0 Å². The average molecular weight is 233 g/mol. The van der Waals surface area contributed by atoms with Crippen LogP contribution in [-0.2, 0) is 4.79 Å². The van der Waals surface area contributed by atoms with Gasteiger partial charge in [-0.25, -0.2) is 4.79 Å². The molecule has 15 heavy (non-hydrogen) atoms. The van der Waals surface area contributed by atoms with Gasteiger partial charge in [-0.05, 0) is 18.8 Å². The number of alkyl halides is 1. The molecule has 0 aromatic carbocycles. The molecular formula is C10H17ClN2O2. The van der Waals surface area contributed by atoms with E-state index in [2.05, 4.69) is 10.6 Å². The van der Waals surface area contributed by atoms with E-state index >= 15 is 0 Å². The molecule has 86 valence electrons. The summed E-state index contributed by atoms with van der Waals surface area (Å²) < 4.78 is 0. The molecule has 5 heteroatoms. The first-order valence-electron chi connectivity index (χ1n) is 5.36. The molecule has 1 fully saturated rings. The molecular weight excluding hydrogens is 216 g/mol. The van der Waals surface area contributed by atoms with E-state index in [1.165, 1.54) is 19.3 Å².